The predicted molar refractivity (Wildman–Crippen MR) is 202 cm³/mol. The van der Waals surface area contributed by atoms with E-state index >= 15 is 0 Å². The van der Waals surface area contributed by atoms with Crippen LogP contribution in [-0.4, -0.2) is 15.0 Å². The van der Waals surface area contributed by atoms with Crippen LogP contribution in [0.1, 0.15) is 25.0 Å². The molecular formula is C46H33N3. The summed E-state index contributed by atoms with van der Waals surface area (Å²) in [5.74, 6) is 1.95. The van der Waals surface area contributed by atoms with Gasteiger partial charge in [-0.3, -0.25) is 0 Å². The number of hydrogen-bond donors (Lipinski definition) is 0. The van der Waals surface area contributed by atoms with Gasteiger partial charge in [-0.1, -0.05) is 159 Å². The Bertz CT molecular complexity index is 2500. The molecule has 0 fully saturated rings. The topological polar surface area (TPSA) is 38.7 Å². The Kier molecular flexibility index (Phi) is 6.80. The molecule has 0 spiro atoms. The second kappa shape index (κ2) is 11.5. The molecule has 3 heteroatoms. The van der Waals surface area contributed by atoms with E-state index in [2.05, 4.69) is 141 Å². The Balaban J connectivity index is 1.16. The molecule has 1 aromatic heterocycles. The quantitative estimate of drug-likeness (QED) is 0.191. The zero-order valence-corrected chi connectivity index (χ0v) is 27.4. The Morgan fingerprint density at radius 1 is 0.347 bits per heavy atom. The van der Waals surface area contributed by atoms with Gasteiger partial charge in [-0.05, 0) is 73.5 Å². The van der Waals surface area contributed by atoms with Crippen LogP contribution in [0.15, 0.2) is 164 Å². The van der Waals surface area contributed by atoms with Crippen molar-refractivity contribution in [3.05, 3.63) is 175 Å². The van der Waals surface area contributed by atoms with Gasteiger partial charge in [0, 0.05) is 22.1 Å². The smallest absolute Gasteiger partial charge is 0.164 e. The molecule has 8 aromatic rings. The van der Waals surface area contributed by atoms with Crippen LogP contribution in [0.2, 0.25) is 0 Å². The van der Waals surface area contributed by atoms with E-state index in [0.717, 1.165) is 27.8 Å². The van der Waals surface area contributed by atoms with Crippen molar-refractivity contribution >= 4 is 10.8 Å². The summed E-state index contributed by atoms with van der Waals surface area (Å²) in [5.41, 5.74) is 12.9. The standard InChI is InChI=1S/C46H33N3/c1-46(2)41-22-10-9-20-38(41)40-28-35-18-12-21-37(39(35)29-42(40)46)34-17-11-19-36(27-34)45-48-43(32-15-7-4-8-16-32)47-44(49-45)33-25-23-31(24-26-33)30-13-5-3-6-14-30/h3-29H,1-2H3. The van der Waals surface area contributed by atoms with Crippen LogP contribution < -0.4 is 0 Å². The van der Waals surface area contributed by atoms with E-state index in [-0.39, 0.29) is 5.41 Å². The van der Waals surface area contributed by atoms with E-state index in [1.807, 2.05) is 36.4 Å². The van der Waals surface area contributed by atoms with Gasteiger partial charge in [0.2, 0.25) is 0 Å². The van der Waals surface area contributed by atoms with Gasteiger partial charge in [-0.2, -0.15) is 0 Å². The SMILES string of the molecule is CC1(C)c2ccccc2-c2cc3cccc(-c4cccc(-c5nc(-c6ccccc6)nc(-c6ccc(-c7ccccc7)cc6)n5)c4)c3cc21. The van der Waals surface area contributed by atoms with Crippen LogP contribution in [0.25, 0.3) is 78.3 Å². The summed E-state index contributed by atoms with van der Waals surface area (Å²) in [6.45, 7) is 4.68. The average Bonchev–Trinajstić information content (AvgIpc) is 3.39. The molecule has 0 aliphatic heterocycles. The fourth-order valence-corrected chi connectivity index (χ4v) is 7.34. The first-order valence-electron chi connectivity index (χ1n) is 16.8. The van der Waals surface area contributed by atoms with Crippen molar-refractivity contribution in [2.75, 3.05) is 0 Å². The van der Waals surface area contributed by atoms with Gasteiger partial charge in [0.25, 0.3) is 0 Å². The van der Waals surface area contributed by atoms with E-state index in [4.69, 9.17) is 15.0 Å². The molecule has 0 saturated heterocycles. The number of aromatic nitrogens is 3. The molecule has 0 amide bonds. The first kappa shape index (κ1) is 29.0. The number of benzene rings is 7. The van der Waals surface area contributed by atoms with Gasteiger partial charge in [-0.15, -0.1) is 0 Å². The molecule has 49 heavy (non-hydrogen) atoms. The highest BCUT2D eigenvalue weighted by Gasteiger charge is 2.35. The third-order valence-corrected chi connectivity index (χ3v) is 9.93. The lowest BCUT2D eigenvalue weighted by Gasteiger charge is -2.22. The minimum absolute atomic E-state index is 0.0660. The number of fused-ring (bicyclic) bond motifs is 4. The summed E-state index contributed by atoms with van der Waals surface area (Å²) >= 11 is 0. The van der Waals surface area contributed by atoms with Crippen molar-refractivity contribution in [2.45, 2.75) is 19.3 Å². The minimum Gasteiger partial charge on any atom is -0.208 e. The minimum atomic E-state index is -0.0660. The second-order valence-electron chi connectivity index (χ2n) is 13.3. The maximum absolute atomic E-state index is 5.07. The van der Waals surface area contributed by atoms with Crippen molar-refractivity contribution in [1.82, 2.24) is 15.0 Å². The molecule has 1 aliphatic carbocycles. The van der Waals surface area contributed by atoms with Gasteiger partial charge in [0.15, 0.2) is 17.5 Å². The Hall–Kier alpha value is -6.19. The molecule has 0 unspecified atom stereocenters. The van der Waals surface area contributed by atoms with E-state index in [9.17, 15) is 0 Å². The molecule has 1 aliphatic rings. The van der Waals surface area contributed by atoms with Crippen LogP contribution in [-0.2, 0) is 5.41 Å². The van der Waals surface area contributed by atoms with Crippen molar-refractivity contribution in [3.63, 3.8) is 0 Å². The molecule has 0 radical (unpaired) electrons. The highest BCUT2D eigenvalue weighted by molar-refractivity contribution is 6.01. The molecule has 3 nitrogen and oxygen atoms in total. The molecular weight excluding hydrogens is 595 g/mol. The molecule has 0 N–H and O–H groups in total. The summed E-state index contributed by atoms with van der Waals surface area (Å²) in [6, 6.07) is 57.9. The molecule has 0 atom stereocenters. The average molecular weight is 628 g/mol. The molecule has 0 saturated carbocycles. The number of nitrogens with zero attached hydrogens (tertiary/aromatic N) is 3. The first-order chi connectivity index (χ1) is 24.0. The molecule has 1 heterocycles. The van der Waals surface area contributed by atoms with Gasteiger partial charge >= 0.3 is 0 Å². The van der Waals surface area contributed by atoms with Crippen LogP contribution in [0, 0.1) is 0 Å². The molecule has 0 bridgehead atoms. The van der Waals surface area contributed by atoms with Gasteiger partial charge in [0.1, 0.15) is 0 Å². The van der Waals surface area contributed by atoms with E-state index in [1.165, 1.54) is 44.2 Å². The van der Waals surface area contributed by atoms with Crippen LogP contribution in [0.3, 0.4) is 0 Å². The lowest BCUT2D eigenvalue weighted by molar-refractivity contribution is 0.661. The maximum Gasteiger partial charge on any atom is 0.164 e. The van der Waals surface area contributed by atoms with Gasteiger partial charge in [-0.25, -0.2) is 15.0 Å². The summed E-state index contributed by atoms with van der Waals surface area (Å²) in [6.07, 6.45) is 0. The highest BCUT2D eigenvalue weighted by atomic mass is 15.0. The van der Waals surface area contributed by atoms with E-state index in [0.29, 0.717) is 17.5 Å². The number of rotatable bonds is 5. The third kappa shape index (κ3) is 5.03. The van der Waals surface area contributed by atoms with E-state index in [1.54, 1.807) is 0 Å². The zero-order valence-electron chi connectivity index (χ0n) is 27.4. The van der Waals surface area contributed by atoms with Crippen molar-refractivity contribution < 1.29 is 0 Å². The molecule has 7 aromatic carbocycles. The zero-order chi connectivity index (χ0) is 33.0. The largest absolute Gasteiger partial charge is 0.208 e. The second-order valence-corrected chi connectivity index (χ2v) is 13.3. The summed E-state index contributed by atoms with van der Waals surface area (Å²) in [7, 11) is 0. The Morgan fingerprint density at radius 3 is 1.59 bits per heavy atom. The fraction of sp³-hybridized carbons (Fsp3) is 0.0652. The summed E-state index contributed by atoms with van der Waals surface area (Å²) < 4.78 is 0. The fourth-order valence-electron chi connectivity index (χ4n) is 7.34. The van der Waals surface area contributed by atoms with Crippen molar-refractivity contribution in [3.8, 4) is 67.5 Å². The maximum atomic E-state index is 5.07. The van der Waals surface area contributed by atoms with Crippen LogP contribution in [0.5, 0.6) is 0 Å². The van der Waals surface area contributed by atoms with Crippen molar-refractivity contribution in [1.29, 1.82) is 0 Å². The Morgan fingerprint density at radius 2 is 0.857 bits per heavy atom. The lowest BCUT2D eigenvalue weighted by Crippen LogP contribution is -2.14. The molecule has 9 rings (SSSR count). The van der Waals surface area contributed by atoms with Gasteiger partial charge < -0.3 is 0 Å². The van der Waals surface area contributed by atoms with E-state index < -0.39 is 0 Å². The van der Waals surface area contributed by atoms with Crippen LogP contribution in [0.4, 0.5) is 0 Å². The van der Waals surface area contributed by atoms with Gasteiger partial charge in [0.05, 0.1) is 0 Å². The third-order valence-electron chi connectivity index (χ3n) is 9.93. The summed E-state index contributed by atoms with van der Waals surface area (Å²) in [4.78, 5) is 15.1. The normalized spacial score (nSPS) is 12.9. The van der Waals surface area contributed by atoms with Crippen LogP contribution >= 0.6 is 0 Å². The lowest BCUT2D eigenvalue weighted by atomic mass is 9.81. The Labute approximate surface area is 286 Å². The van der Waals surface area contributed by atoms with Crippen molar-refractivity contribution in [2.24, 2.45) is 0 Å². The highest BCUT2D eigenvalue weighted by Crippen LogP contribution is 2.50. The number of hydrogen-bond acceptors (Lipinski definition) is 3. The molecule has 232 valence electrons. The summed E-state index contributed by atoms with van der Waals surface area (Å²) in [5, 5.41) is 2.49. The monoisotopic (exact) mass is 627 g/mol. The first-order valence-corrected chi connectivity index (χ1v) is 16.8. The predicted octanol–water partition coefficient (Wildman–Crippen LogP) is 11.7.